The van der Waals surface area contributed by atoms with Gasteiger partial charge in [0.25, 0.3) is 0 Å². The number of benzene rings is 1. The van der Waals surface area contributed by atoms with Crippen molar-refractivity contribution in [2.75, 3.05) is 5.32 Å². The molecule has 0 spiro atoms. The van der Waals surface area contributed by atoms with Crippen molar-refractivity contribution >= 4 is 34.1 Å². The van der Waals surface area contributed by atoms with E-state index in [9.17, 15) is 4.79 Å². The molecule has 3 rings (SSSR count). The Labute approximate surface area is 157 Å². The van der Waals surface area contributed by atoms with Crippen molar-refractivity contribution in [3.05, 3.63) is 35.4 Å². The van der Waals surface area contributed by atoms with Gasteiger partial charge < -0.3 is 5.32 Å². The largest absolute Gasteiger partial charge is 0.300 e. The van der Waals surface area contributed by atoms with Gasteiger partial charge in [-0.25, -0.2) is 0 Å². The van der Waals surface area contributed by atoms with E-state index in [0.717, 1.165) is 35.8 Å². The second-order valence-electron chi connectivity index (χ2n) is 7.58. The summed E-state index contributed by atoms with van der Waals surface area (Å²) in [6, 6.07) is 8.75. The van der Waals surface area contributed by atoms with Crippen molar-refractivity contribution in [3.8, 4) is 0 Å². The molecular formula is C19H25N3OS2. The van der Waals surface area contributed by atoms with Gasteiger partial charge in [-0.15, -0.1) is 10.2 Å². The third kappa shape index (κ3) is 5.05. The van der Waals surface area contributed by atoms with Gasteiger partial charge in [0.1, 0.15) is 0 Å². The lowest BCUT2D eigenvalue weighted by molar-refractivity contribution is -0.119. The maximum absolute atomic E-state index is 12.1. The molecule has 1 N–H and O–H groups in total. The van der Waals surface area contributed by atoms with Crippen LogP contribution in [0.2, 0.25) is 0 Å². The fourth-order valence-electron chi connectivity index (χ4n) is 2.96. The molecule has 4 nitrogen and oxygen atoms in total. The van der Waals surface area contributed by atoms with Crippen LogP contribution in [0.4, 0.5) is 5.13 Å². The molecule has 0 radical (unpaired) electrons. The highest BCUT2D eigenvalue weighted by atomic mass is 32.2. The van der Waals surface area contributed by atoms with Gasteiger partial charge in [-0.2, -0.15) is 0 Å². The van der Waals surface area contributed by atoms with Gasteiger partial charge in [-0.3, -0.25) is 4.79 Å². The number of anilines is 1. The molecule has 0 atom stereocenters. The number of hydrogen-bond acceptors (Lipinski definition) is 5. The Morgan fingerprint density at radius 1 is 1.20 bits per heavy atom. The predicted octanol–water partition coefficient (Wildman–Crippen LogP) is 5.26. The molecular weight excluding hydrogens is 350 g/mol. The summed E-state index contributed by atoms with van der Waals surface area (Å²) in [7, 11) is 0. The van der Waals surface area contributed by atoms with Gasteiger partial charge in [0, 0.05) is 11.7 Å². The van der Waals surface area contributed by atoms with Crippen LogP contribution in [0.25, 0.3) is 0 Å². The van der Waals surface area contributed by atoms with Crippen LogP contribution < -0.4 is 5.32 Å². The number of rotatable bonds is 5. The molecule has 2 aromatic rings. The summed E-state index contributed by atoms with van der Waals surface area (Å²) in [6.45, 7) is 6.66. The third-order valence-electron chi connectivity index (χ3n) is 4.54. The molecule has 0 bridgehead atoms. The van der Waals surface area contributed by atoms with Crippen molar-refractivity contribution in [2.24, 2.45) is 5.92 Å². The Bertz CT molecular complexity index is 713. The van der Waals surface area contributed by atoms with Crippen LogP contribution in [0.3, 0.4) is 0 Å². The first kappa shape index (κ1) is 18.4. The van der Waals surface area contributed by atoms with Gasteiger partial charge >= 0.3 is 0 Å². The Balaban J connectivity index is 1.52. The van der Waals surface area contributed by atoms with Crippen molar-refractivity contribution in [1.29, 1.82) is 0 Å². The number of carbonyl (C=O) groups is 1. The smallest absolute Gasteiger partial charge is 0.229 e. The van der Waals surface area contributed by atoms with E-state index in [1.807, 2.05) is 0 Å². The minimum Gasteiger partial charge on any atom is -0.300 e. The quantitative estimate of drug-likeness (QED) is 0.572. The molecule has 1 aliphatic rings. The Kier molecular flexibility index (Phi) is 5.79. The highest BCUT2D eigenvalue weighted by Crippen LogP contribution is 2.31. The lowest BCUT2D eigenvalue weighted by Gasteiger charge is -2.19. The van der Waals surface area contributed by atoms with Crippen LogP contribution in [-0.4, -0.2) is 16.1 Å². The zero-order valence-electron chi connectivity index (χ0n) is 15.0. The predicted molar refractivity (Wildman–Crippen MR) is 105 cm³/mol. The van der Waals surface area contributed by atoms with Gasteiger partial charge in [0.05, 0.1) is 0 Å². The first-order chi connectivity index (χ1) is 11.9. The van der Waals surface area contributed by atoms with Crippen molar-refractivity contribution < 1.29 is 4.79 Å². The number of thioether (sulfide) groups is 1. The van der Waals surface area contributed by atoms with E-state index in [-0.39, 0.29) is 17.2 Å². The molecule has 1 aliphatic carbocycles. The van der Waals surface area contributed by atoms with E-state index in [4.69, 9.17) is 0 Å². The molecule has 0 unspecified atom stereocenters. The second-order valence-corrected chi connectivity index (χ2v) is 9.78. The van der Waals surface area contributed by atoms with Gasteiger partial charge in [0.15, 0.2) is 4.34 Å². The summed E-state index contributed by atoms with van der Waals surface area (Å²) >= 11 is 3.12. The van der Waals surface area contributed by atoms with Gasteiger partial charge in [-0.1, -0.05) is 81.0 Å². The first-order valence-corrected chi connectivity index (χ1v) is 10.6. The Hall–Kier alpha value is -1.40. The Morgan fingerprint density at radius 2 is 1.88 bits per heavy atom. The Morgan fingerprint density at radius 3 is 2.52 bits per heavy atom. The van der Waals surface area contributed by atoms with Crippen molar-refractivity contribution in [2.45, 2.75) is 62.0 Å². The fraction of sp³-hybridized carbons (Fsp3) is 0.526. The highest BCUT2D eigenvalue weighted by molar-refractivity contribution is 8.00. The lowest BCUT2D eigenvalue weighted by Crippen LogP contribution is -2.20. The standard InChI is InChI=1S/C19H25N3OS2/c1-19(2,3)15-10-8-13(9-11-15)12-24-18-22-21-17(25-18)20-16(23)14-6-4-5-7-14/h8-11,14H,4-7,12H2,1-3H3,(H,20,21,23). The second kappa shape index (κ2) is 7.87. The maximum atomic E-state index is 12.1. The summed E-state index contributed by atoms with van der Waals surface area (Å²) < 4.78 is 0.890. The highest BCUT2D eigenvalue weighted by Gasteiger charge is 2.23. The number of nitrogens with one attached hydrogen (secondary N) is 1. The van der Waals surface area contributed by atoms with Crippen molar-refractivity contribution in [3.63, 3.8) is 0 Å². The number of aromatic nitrogens is 2. The van der Waals surface area contributed by atoms with E-state index >= 15 is 0 Å². The molecule has 1 amide bonds. The molecule has 1 aromatic carbocycles. The molecule has 1 saturated carbocycles. The SMILES string of the molecule is CC(C)(C)c1ccc(CSc2nnc(NC(=O)C3CCCC3)s2)cc1. The summed E-state index contributed by atoms with van der Waals surface area (Å²) in [5.41, 5.74) is 2.79. The van der Waals surface area contributed by atoms with Crippen LogP contribution in [0.5, 0.6) is 0 Å². The average Bonchev–Trinajstić information content (AvgIpc) is 3.24. The molecule has 6 heteroatoms. The molecule has 25 heavy (non-hydrogen) atoms. The van der Waals surface area contributed by atoms with Gasteiger partial charge in [0.2, 0.25) is 11.0 Å². The number of hydrogen-bond donors (Lipinski definition) is 1. The van der Waals surface area contributed by atoms with Crippen LogP contribution >= 0.6 is 23.1 Å². The summed E-state index contributed by atoms with van der Waals surface area (Å²) in [4.78, 5) is 12.1. The number of carbonyl (C=O) groups excluding carboxylic acids is 1. The zero-order chi connectivity index (χ0) is 17.9. The van der Waals surface area contributed by atoms with E-state index in [1.165, 1.54) is 22.5 Å². The fourth-order valence-corrected chi connectivity index (χ4v) is 4.67. The average molecular weight is 376 g/mol. The van der Waals surface area contributed by atoms with Gasteiger partial charge in [-0.05, 0) is 29.4 Å². The monoisotopic (exact) mass is 375 g/mol. The lowest BCUT2D eigenvalue weighted by atomic mass is 9.87. The minimum atomic E-state index is 0.1000. The van der Waals surface area contributed by atoms with E-state index in [1.54, 1.807) is 11.8 Å². The molecule has 1 fully saturated rings. The van der Waals surface area contributed by atoms with E-state index < -0.39 is 0 Å². The third-order valence-corrected chi connectivity index (χ3v) is 6.59. The molecule has 1 aromatic heterocycles. The van der Waals surface area contributed by atoms with Crippen molar-refractivity contribution in [1.82, 2.24) is 10.2 Å². The summed E-state index contributed by atoms with van der Waals surface area (Å²) in [5, 5.41) is 11.8. The van der Waals surface area contributed by atoms with E-state index in [2.05, 4.69) is 60.6 Å². The molecule has 0 aliphatic heterocycles. The molecule has 1 heterocycles. The molecule has 134 valence electrons. The van der Waals surface area contributed by atoms with Crippen LogP contribution in [0.1, 0.15) is 57.6 Å². The van der Waals surface area contributed by atoms with Crippen LogP contribution in [0.15, 0.2) is 28.6 Å². The topological polar surface area (TPSA) is 54.9 Å². The number of nitrogens with zero attached hydrogens (tertiary/aromatic N) is 2. The minimum absolute atomic E-state index is 0.1000. The summed E-state index contributed by atoms with van der Waals surface area (Å²) in [5.74, 6) is 1.11. The van der Waals surface area contributed by atoms with E-state index in [0.29, 0.717) is 5.13 Å². The normalized spacial score (nSPS) is 15.5. The van der Waals surface area contributed by atoms with Crippen LogP contribution in [0, 0.1) is 5.92 Å². The first-order valence-electron chi connectivity index (χ1n) is 8.78. The maximum Gasteiger partial charge on any atom is 0.229 e. The summed E-state index contributed by atoms with van der Waals surface area (Å²) in [6.07, 6.45) is 4.31. The van der Waals surface area contributed by atoms with Crippen LogP contribution in [-0.2, 0) is 16.0 Å². The molecule has 0 saturated heterocycles. The zero-order valence-corrected chi connectivity index (χ0v) is 16.7. The number of amides is 1.